The van der Waals surface area contributed by atoms with Gasteiger partial charge in [0.2, 0.25) is 0 Å². The summed E-state index contributed by atoms with van der Waals surface area (Å²) in [5.74, 6) is 5.77. The van der Waals surface area contributed by atoms with E-state index in [1.165, 1.54) is 89.9 Å². The zero-order valence-corrected chi connectivity index (χ0v) is 30.6. The molecular weight excluding hydrogens is 564 g/mol. The quantitative estimate of drug-likeness (QED) is 0.103. The molecule has 3 fully saturated rings. The number of hydrogen-bond donors (Lipinski definition) is 0. The van der Waals surface area contributed by atoms with Crippen molar-refractivity contribution in [1.29, 1.82) is 0 Å². The van der Waals surface area contributed by atoms with Gasteiger partial charge in [-0.3, -0.25) is 0 Å². The number of carbonyl (C=O) groups is 1. The van der Waals surface area contributed by atoms with Gasteiger partial charge in [-0.2, -0.15) is 0 Å². The molecule has 258 valence electrons. The fraction of sp³-hybridized carbons (Fsp3) is 0.791. The Morgan fingerprint density at radius 1 is 0.848 bits per heavy atom. The molecule has 0 radical (unpaired) electrons. The molecule has 0 aliphatic heterocycles. The van der Waals surface area contributed by atoms with Crippen LogP contribution in [-0.2, 0) is 4.74 Å². The Hall–Kier alpha value is -1.77. The lowest BCUT2D eigenvalue weighted by Gasteiger charge is -2.58. The van der Waals surface area contributed by atoms with Crippen LogP contribution in [0.5, 0.6) is 5.75 Å². The van der Waals surface area contributed by atoms with Crippen molar-refractivity contribution in [3.8, 4) is 5.75 Å². The summed E-state index contributed by atoms with van der Waals surface area (Å²) >= 11 is 0. The zero-order valence-electron chi connectivity index (χ0n) is 30.6. The second kappa shape index (κ2) is 16.1. The van der Waals surface area contributed by atoms with Crippen molar-refractivity contribution in [1.82, 2.24) is 0 Å². The number of unbranched alkanes of at least 4 members (excludes halogenated alkanes) is 6. The Kier molecular flexibility index (Phi) is 12.4. The van der Waals surface area contributed by atoms with Crippen LogP contribution >= 0.6 is 0 Å². The third-order valence-corrected chi connectivity index (χ3v) is 13.6. The van der Waals surface area contributed by atoms with E-state index >= 15 is 0 Å². The molecule has 0 unspecified atom stereocenters. The number of carbonyl (C=O) groups excluding carboxylic acids is 1. The maximum atomic E-state index is 13.2. The predicted molar refractivity (Wildman–Crippen MR) is 192 cm³/mol. The molecule has 1 aromatic rings. The molecule has 0 aromatic heterocycles. The molecule has 3 nitrogen and oxygen atoms in total. The van der Waals surface area contributed by atoms with Crippen molar-refractivity contribution in [3.63, 3.8) is 0 Å². The first-order chi connectivity index (χ1) is 22.2. The van der Waals surface area contributed by atoms with E-state index in [2.05, 4.69) is 47.6 Å². The summed E-state index contributed by atoms with van der Waals surface area (Å²) in [4.78, 5) is 13.2. The minimum absolute atomic E-state index is 0.00645. The van der Waals surface area contributed by atoms with E-state index < -0.39 is 0 Å². The van der Waals surface area contributed by atoms with Crippen molar-refractivity contribution in [2.45, 2.75) is 163 Å². The molecule has 8 atom stereocenters. The number of ether oxygens (including phenoxy) is 2. The second-order valence-corrected chi connectivity index (χ2v) is 17.1. The highest BCUT2D eigenvalue weighted by atomic mass is 16.5. The molecular formula is C43H68O3. The van der Waals surface area contributed by atoms with E-state index in [9.17, 15) is 4.79 Å². The van der Waals surface area contributed by atoms with Crippen LogP contribution in [0.4, 0.5) is 0 Å². The molecule has 0 N–H and O–H groups in total. The highest BCUT2D eigenvalue weighted by Crippen LogP contribution is 2.67. The van der Waals surface area contributed by atoms with Gasteiger partial charge in [0, 0.05) is 6.42 Å². The summed E-state index contributed by atoms with van der Waals surface area (Å²) in [5, 5.41) is 0. The molecule has 3 heteroatoms. The van der Waals surface area contributed by atoms with Crippen molar-refractivity contribution in [2.24, 2.45) is 46.3 Å². The lowest BCUT2D eigenvalue weighted by Crippen LogP contribution is -2.51. The van der Waals surface area contributed by atoms with Crippen LogP contribution in [0.3, 0.4) is 0 Å². The van der Waals surface area contributed by atoms with E-state index in [4.69, 9.17) is 9.47 Å². The van der Waals surface area contributed by atoms with E-state index in [0.29, 0.717) is 11.0 Å². The van der Waals surface area contributed by atoms with Gasteiger partial charge in [-0.1, -0.05) is 111 Å². The van der Waals surface area contributed by atoms with Gasteiger partial charge in [0.25, 0.3) is 0 Å². The molecule has 4 aliphatic rings. The predicted octanol–water partition coefficient (Wildman–Crippen LogP) is 12.4. The van der Waals surface area contributed by atoms with Crippen LogP contribution in [0, 0.1) is 46.3 Å². The van der Waals surface area contributed by atoms with Gasteiger partial charge < -0.3 is 9.47 Å². The number of esters is 1. The van der Waals surface area contributed by atoms with Gasteiger partial charge in [0.15, 0.2) is 0 Å². The Labute approximate surface area is 283 Å². The molecule has 46 heavy (non-hydrogen) atoms. The first-order valence-electron chi connectivity index (χ1n) is 19.8. The highest BCUT2D eigenvalue weighted by molar-refractivity contribution is 5.89. The number of rotatable bonds is 16. The molecule has 1 aromatic carbocycles. The Balaban J connectivity index is 1.10. The fourth-order valence-electron chi connectivity index (χ4n) is 10.9. The lowest BCUT2D eigenvalue weighted by atomic mass is 9.47. The third kappa shape index (κ3) is 8.08. The van der Waals surface area contributed by atoms with Crippen molar-refractivity contribution in [3.05, 3.63) is 41.5 Å². The number of fused-ring (bicyclic) bond motifs is 5. The normalized spacial score (nSPS) is 32.7. The summed E-state index contributed by atoms with van der Waals surface area (Å²) in [6, 6.07) is 7.60. The molecule has 5 rings (SSSR count). The fourth-order valence-corrected chi connectivity index (χ4v) is 10.9. The molecule has 0 spiro atoms. The summed E-state index contributed by atoms with van der Waals surface area (Å²) < 4.78 is 12.1. The van der Waals surface area contributed by atoms with Gasteiger partial charge in [0.05, 0.1) is 12.2 Å². The standard InChI is InChI=1S/C43H68O3/c1-7-8-9-10-11-12-13-29-45-35-20-17-33(18-21-35)41(44)46-36-25-27-42(5)34(30-36)19-22-37-39-24-23-38(32(4)16-14-15-31(2)3)43(39,6)28-26-40(37)42/h17-21,31-32,36-40H,7-16,22-30H2,1-6H3/t32-,36-,37+,38-,39+,40+,42+,43-/m1/s1. The molecule has 0 saturated heterocycles. The van der Waals surface area contributed by atoms with Gasteiger partial charge in [-0.05, 0) is 122 Å². The first kappa shape index (κ1) is 35.5. The Morgan fingerprint density at radius 2 is 1.59 bits per heavy atom. The van der Waals surface area contributed by atoms with Gasteiger partial charge >= 0.3 is 5.97 Å². The largest absolute Gasteiger partial charge is 0.494 e. The summed E-state index contributed by atoms with van der Waals surface area (Å²) in [7, 11) is 0. The number of benzene rings is 1. The van der Waals surface area contributed by atoms with Gasteiger partial charge in [-0.25, -0.2) is 4.79 Å². The average Bonchev–Trinajstić information content (AvgIpc) is 3.40. The smallest absolute Gasteiger partial charge is 0.338 e. The van der Waals surface area contributed by atoms with E-state index in [0.717, 1.165) is 73.5 Å². The van der Waals surface area contributed by atoms with Crippen LogP contribution in [0.2, 0.25) is 0 Å². The molecule has 4 aliphatic carbocycles. The monoisotopic (exact) mass is 633 g/mol. The van der Waals surface area contributed by atoms with Crippen LogP contribution in [0.1, 0.15) is 167 Å². The Morgan fingerprint density at radius 3 is 2.33 bits per heavy atom. The Bertz CT molecular complexity index is 1140. The van der Waals surface area contributed by atoms with E-state index in [-0.39, 0.29) is 17.5 Å². The average molecular weight is 633 g/mol. The van der Waals surface area contributed by atoms with E-state index in [1.54, 1.807) is 5.57 Å². The van der Waals surface area contributed by atoms with Crippen molar-refractivity contribution >= 4 is 5.97 Å². The lowest BCUT2D eigenvalue weighted by molar-refractivity contribution is -0.0594. The van der Waals surface area contributed by atoms with Crippen LogP contribution in [0.15, 0.2) is 35.9 Å². The third-order valence-electron chi connectivity index (χ3n) is 13.6. The maximum absolute atomic E-state index is 13.2. The van der Waals surface area contributed by atoms with Gasteiger partial charge in [-0.15, -0.1) is 0 Å². The molecule has 3 saturated carbocycles. The summed E-state index contributed by atoms with van der Waals surface area (Å²) in [5.41, 5.74) is 3.03. The van der Waals surface area contributed by atoms with Gasteiger partial charge in [0.1, 0.15) is 11.9 Å². The van der Waals surface area contributed by atoms with E-state index in [1.807, 2.05) is 24.3 Å². The maximum Gasteiger partial charge on any atom is 0.338 e. The van der Waals surface area contributed by atoms with Crippen molar-refractivity contribution < 1.29 is 14.3 Å². The second-order valence-electron chi connectivity index (χ2n) is 17.1. The highest BCUT2D eigenvalue weighted by Gasteiger charge is 2.59. The summed E-state index contributed by atoms with van der Waals surface area (Å²) in [6.45, 7) is 15.6. The zero-order chi connectivity index (χ0) is 32.7. The topological polar surface area (TPSA) is 35.5 Å². The van der Waals surface area contributed by atoms with Crippen LogP contribution < -0.4 is 4.74 Å². The summed E-state index contributed by atoms with van der Waals surface area (Å²) in [6.07, 6.45) is 25.7. The van der Waals surface area contributed by atoms with Crippen LogP contribution in [0.25, 0.3) is 0 Å². The first-order valence-corrected chi connectivity index (χ1v) is 19.8. The minimum atomic E-state index is -0.186. The molecule has 0 amide bonds. The van der Waals surface area contributed by atoms with Crippen molar-refractivity contribution in [2.75, 3.05) is 6.61 Å². The van der Waals surface area contributed by atoms with Crippen LogP contribution in [-0.4, -0.2) is 18.7 Å². The molecule has 0 bridgehead atoms. The molecule has 0 heterocycles. The SMILES string of the molecule is CCCCCCCCCOc1ccc(C(=O)O[C@@H]2CC[C@@]3(C)C(=CC[C@H]4[C@@H]5CC[C@H]([C@H](C)CCCC(C)C)[C@@]5(C)CC[C@@H]43)C2)cc1. The minimum Gasteiger partial charge on any atom is -0.494 e. The number of hydrogen-bond acceptors (Lipinski definition) is 3. The number of allylic oxidation sites excluding steroid dienone is 1.